The fourth-order valence-electron chi connectivity index (χ4n) is 2.59. The molecule has 1 aliphatic heterocycles. The molecule has 1 aliphatic rings. The van der Waals surface area contributed by atoms with Crippen LogP contribution in [0.5, 0.6) is 0 Å². The molecular weight excluding hydrogens is 349 g/mol. The number of nitrogens with two attached hydrogens (primary N) is 1. The van der Waals surface area contributed by atoms with Crippen LogP contribution in [-0.2, 0) is 23.1 Å². The Balaban J connectivity index is 2.41. The molecule has 150 valence electrons. The third kappa shape index (κ3) is 8.93. The van der Waals surface area contributed by atoms with Crippen LogP contribution in [-0.4, -0.2) is 59.8 Å². The molecule has 1 fully saturated rings. The van der Waals surface area contributed by atoms with Crippen molar-refractivity contribution in [1.82, 2.24) is 0 Å². The average Bonchev–Trinajstić information content (AvgIpc) is 2.75. The van der Waals surface area contributed by atoms with Crippen molar-refractivity contribution >= 4 is 7.82 Å². The first-order chi connectivity index (χ1) is 11.6. The van der Waals surface area contributed by atoms with Crippen molar-refractivity contribution in [2.45, 2.75) is 83.4 Å². The second-order valence-electron chi connectivity index (χ2n) is 7.37. The van der Waals surface area contributed by atoms with E-state index >= 15 is 0 Å². The summed E-state index contributed by atoms with van der Waals surface area (Å²) in [6, 6.07) is 0. The molecule has 0 aliphatic carbocycles. The first kappa shape index (κ1) is 23.0. The number of ether oxygens (including phenoxy) is 2. The van der Waals surface area contributed by atoms with E-state index in [1.54, 1.807) is 6.92 Å². The molecule has 25 heavy (non-hydrogen) atoms. The van der Waals surface area contributed by atoms with Gasteiger partial charge in [0.15, 0.2) is 0 Å². The van der Waals surface area contributed by atoms with Crippen molar-refractivity contribution in [2.75, 3.05) is 19.8 Å². The zero-order valence-electron chi connectivity index (χ0n) is 15.7. The van der Waals surface area contributed by atoms with Gasteiger partial charge >= 0.3 is 7.82 Å². The number of unbranched alkanes of at least 4 members (excludes halogenated alkanes) is 3. The zero-order valence-corrected chi connectivity index (χ0v) is 16.6. The van der Waals surface area contributed by atoms with Crippen LogP contribution < -0.4 is 5.73 Å². The van der Waals surface area contributed by atoms with E-state index in [2.05, 4.69) is 0 Å². The molecule has 0 amide bonds. The van der Waals surface area contributed by atoms with Crippen molar-refractivity contribution in [3.8, 4) is 0 Å². The van der Waals surface area contributed by atoms with Gasteiger partial charge in [-0.2, -0.15) is 0 Å². The van der Waals surface area contributed by atoms with Crippen LogP contribution in [0.4, 0.5) is 0 Å². The van der Waals surface area contributed by atoms with Crippen molar-refractivity contribution in [3.05, 3.63) is 0 Å². The van der Waals surface area contributed by atoms with Crippen molar-refractivity contribution in [3.63, 3.8) is 0 Å². The molecule has 1 saturated heterocycles. The molecule has 1 heterocycles. The molecule has 0 aromatic heterocycles. The molecule has 2 unspecified atom stereocenters. The monoisotopic (exact) mass is 383 g/mol. The molecule has 0 radical (unpaired) electrons. The van der Waals surface area contributed by atoms with Gasteiger partial charge in [0.1, 0.15) is 18.3 Å². The lowest BCUT2D eigenvalue weighted by molar-refractivity contribution is -0.119. The maximum Gasteiger partial charge on any atom is 0.472 e. The number of hydrogen-bond acceptors (Lipinski definition) is 7. The van der Waals surface area contributed by atoms with Crippen LogP contribution in [0.2, 0.25) is 0 Å². The van der Waals surface area contributed by atoms with Gasteiger partial charge in [-0.1, -0.05) is 12.8 Å². The third-order valence-corrected chi connectivity index (χ3v) is 4.80. The summed E-state index contributed by atoms with van der Waals surface area (Å²) in [5.41, 5.74) is 4.92. The molecule has 0 spiro atoms. The average molecular weight is 383 g/mol. The van der Waals surface area contributed by atoms with Gasteiger partial charge in [0.25, 0.3) is 0 Å². The van der Waals surface area contributed by atoms with E-state index < -0.39 is 37.8 Å². The Kier molecular flexibility index (Phi) is 9.50. The van der Waals surface area contributed by atoms with Crippen LogP contribution in [0, 0.1) is 0 Å². The summed E-state index contributed by atoms with van der Waals surface area (Å²) < 4.78 is 33.4. The fourth-order valence-corrected chi connectivity index (χ4v) is 3.36. The maximum atomic E-state index is 11.9. The number of aliphatic hydroxyl groups excluding tert-OH is 1. The van der Waals surface area contributed by atoms with E-state index in [4.69, 9.17) is 24.3 Å². The van der Waals surface area contributed by atoms with Crippen molar-refractivity contribution < 1.29 is 33.1 Å². The van der Waals surface area contributed by atoms with Crippen molar-refractivity contribution in [2.24, 2.45) is 5.73 Å². The summed E-state index contributed by atoms with van der Waals surface area (Å²) in [4.78, 5) is 9.76. The topological polar surface area (TPSA) is 120 Å². The number of rotatable bonds is 11. The van der Waals surface area contributed by atoms with Gasteiger partial charge in [0.05, 0.1) is 24.9 Å². The number of aliphatic hydroxyl groups is 1. The van der Waals surface area contributed by atoms with Gasteiger partial charge in [-0.3, -0.25) is 9.05 Å². The highest BCUT2D eigenvalue weighted by Gasteiger charge is 2.45. The Hall–Kier alpha value is -0.0500. The Morgan fingerprint density at radius 2 is 1.80 bits per heavy atom. The van der Waals surface area contributed by atoms with E-state index in [-0.39, 0.29) is 13.2 Å². The fraction of sp³-hybridized carbons (Fsp3) is 1.00. The Morgan fingerprint density at radius 3 is 2.40 bits per heavy atom. The highest BCUT2D eigenvalue weighted by atomic mass is 31.2. The van der Waals surface area contributed by atoms with Crippen LogP contribution in [0.15, 0.2) is 0 Å². The molecule has 0 aromatic rings. The smallest absolute Gasteiger partial charge is 0.388 e. The highest BCUT2D eigenvalue weighted by Crippen LogP contribution is 2.44. The Labute approximate surface area is 150 Å². The lowest BCUT2D eigenvalue weighted by Gasteiger charge is -2.29. The van der Waals surface area contributed by atoms with E-state index in [1.165, 1.54) is 0 Å². The van der Waals surface area contributed by atoms with Gasteiger partial charge in [0, 0.05) is 0 Å². The molecule has 1 rings (SSSR count). The van der Waals surface area contributed by atoms with E-state index in [9.17, 15) is 14.6 Å². The minimum atomic E-state index is -4.16. The predicted molar refractivity (Wildman–Crippen MR) is 94.2 cm³/mol. The molecular formula is C16H34NO7P. The number of hydrogen-bond donors (Lipinski definition) is 3. The molecule has 5 atom stereocenters. The Bertz CT molecular complexity index is 429. The minimum Gasteiger partial charge on any atom is -0.388 e. The molecule has 8 nitrogen and oxygen atoms in total. The van der Waals surface area contributed by atoms with Crippen molar-refractivity contribution in [1.29, 1.82) is 0 Å². The molecule has 0 saturated carbocycles. The van der Waals surface area contributed by atoms with Gasteiger partial charge < -0.3 is 25.2 Å². The summed E-state index contributed by atoms with van der Waals surface area (Å²) >= 11 is 0. The normalized spacial score (nSPS) is 29.7. The second kappa shape index (κ2) is 10.3. The molecule has 0 aromatic carbocycles. The predicted octanol–water partition coefficient (Wildman–Crippen LogP) is 1.97. The molecule has 0 bridgehead atoms. The van der Waals surface area contributed by atoms with Gasteiger partial charge in [-0.25, -0.2) is 4.57 Å². The minimum absolute atomic E-state index is 0.144. The lowest BCUT2D eigenvalue weighted by Crippen LogP contribution is -2.41. The number of phosphoric acid groups is 1. The van der Waals surface area contributed by atoms with Gasteiger partial charge in [0.2, 0.25) is 0 Å². The third-order valence-electron chi connectivity index (χ3n) is 3.82. The first-order valence-electron chi connectivity index (χ1n) is 8.89. The Morgan fingerprint density at radius 1 is 1.16 bits per heavy atom. The quantitative estimate of drug-likeness (QED) is 0.366. The summed E-state index contributed by atoms with van der Waals surface area (Å²) in [7, 11) is -4.16. The zero-order chi connectivity index (χ0) is 19.1. The highest BCUT2D eigenvalue weighted by molar-refractivity contribution is 7.47. The molecule has 9 heteroatoms. The first-order valence-corrected chi connectivity index (χ1v) is 10.4. The van der Waals surface area contributed by atoms with E-state index in [0.29, 0.717) is 13.0 Å². The SMILES string of the molecule is C[C@@H]1O[C@H](COP(=O)(O)OCCCCCCN)C(OC(C)(C)C)[C@@H]1O. The van der Waals surface area contributed by atoms with Crippen LogP contribution >= 0.6 is 7.82 Å². The summed E-state index contributed by atoms with van der Waals surface area (Å²) in [5.74, 6) is 0. The van der Waals surface area contributed by atoms with Gasteiger partial charge in [-0.05, 0) is 47.1 Å². The summed E-state index contributed by atoms with van der Waals surface area (Å²) in [6.45, 7) is 7.92. The van der Waals surface area contributed by atoms with Crippen LogP contribution in [0.25, 0.3) is 0 Å². The van der Waals surface area contributed by atoms with Gasteiger partial charge in [-0.15, -0.1) is 0 Å². The largest absolute Gasteiger partial charge is 0.472 e. The lowest BCUT2D eigenvalue weighted by atomic mass is 10.1. The van der Waals surface area contributed by atoms with E-state index in [1.807, 2.05) is 20.8 Å². The van der Waals surface area contributed by atoms with Crippen LogP contribution in [0.1, 0.15) is 53.4 Å². The maximum absolute atomic E-state index is 11.9. The second-order valence-corrected chi connectivity index (χ2v) is 8.82. The summed E-state index contributed by atoms with van der Waals surface area (Å²) in [5, 5.41) is 10.2. The summed E-state index contributed by atoms with van der Waals surface area (Å²) in [6.07, 6.45) is 0.907. The number of phosphoric ester groups is 1. The standard InChI is InChI=1S/C16H34NO7P/c1-12-14(18)15(24-16(2,3)4)13(23-12)11-22-25(19,20)21-10-8-6-5-7-9-17/h12-15,18H,5-11,17H2,1-4H3,(H,19,20)/t12-,13+,14+,15?/m0/s1. The van der Waals surface area contributed by atoms with E-state index in [0.717, 1.165) is 19.3 Å². The van der Waals surface area contributed by atoms with Crippen LogP contribution in [0.3, 0.4) is 0 Å². The molecule has 4 N–H and O–H groups in total.